The Morgan fingerprint density at radius 1 is 1.36 bits per heavy atom. The molecule has 0 aromatic carbocycles. The van der Waals surface area contributed by atoms with Crippen molar-refractivity contribution in [1.82, 2.24) is 19.6 Å². The van der Waals surface area contributed by atoms with Crippen LogP contribution in [0.25, 0.3) is 0 Å². The van der Waals surface area contributed by atoms with E-state index in [2.05, 4.69) is 28.1 Å². The van der Waals surface area contributed by atoms with Gasteiger partial charge in [-0.1, -0.05) is 0 Å². The number of likely N-dealkylation sites (tertiary alicyclic amines) is 1. The van der Waals surface area contributed by atoms with Gasteiger partial charge in [0.15, 0.2) is 0 Å². The van der Waals surface area contributed by atoms with E-state index in [0.29, 0.717) is 6.04 Å². The molecule has 4 heterocycles. The highest BCUT2D eigenvalue weighted by atomic mass is 16.5. The van der Waals surface area contributed by atoms with E-state index in [-0.39, 0.29) is 5.60 Å². The molecular weight excluding hydrogens is 316 g/mol. The van der Waals surface area contributed by atoms with E-state index < -0.39 is 0 Å². The molecule has 0 saturated carbocycles. The van der Waals surface area contributed by atoms with Crippen molar-refractivity contribution in [2.45, 2.75) is 44.0 Å². The molecule has 2 aromatic heterocycles. The summed E-state index contributed by atoms with van der Waals surface area (Å²) in [5, 5.41) is 4.26. The van der Waals surface area contributed by atoms with Crippen LogP contribution in [-0.2, 0) is 24.9 Å². The van der Waals surface area contributed by atoms with Crippen molar-refractivity contribution in [2.24, 2.45) is 7.05 Å². The molecule has 25 heavy (non-hydrogen) atoms. The minimum absolute atomic E-state index is 0.0769. The van der Waals surface area contributed by atoms with Crippen LogP contribution in [0.2, 0.25) is 0 Å². The highest BCUT2D eigenvalue weighted by Gasteiger charge is 2.43. The highest BCUT2D eigenvalue weighted by Crippen LogP contribution is 2.38. The van der Waals surface area contributed by atoms with Gasteiger partial charge < -0.3 is 9.15 Å². The molecule has 0 amide bonds. The number of rotatable bonds is 5. The maximum atomic E-state index is 6.32. The summed E-state index contributed by atoms with van der Waals surface area (Å²) < 4.78 is 13.7. The molecule has 2 fully saturated rings. The number of hydrogen-bond donors (Lipinski definition) is 0. The smallest absolute Gasteiger partial charge is 0.117 e. The Labute approximate surface area is 149 Å². The predicted molar refractivity (Wildman–Crippen MR) is 95.0 cm³/mol. The van der Waals surface area contributed by atoms with Gasteiger partial charge >= 0.3 is 0 Å². The summed E-state index contributed by atoms with van der Waals surface area (Å²) in [6.07, 6.45) is 9.20. The second-order valence-corrected chi connectivity index (χ2v) is 7.64. The second-order valence-electron chi connectivity index (χ2n) is 7.64. The fourth-order valence-electron chi connectivity index (χ4n) is 4.16. The van der Waals surface area contributed by atoms with E-state index in [1.54, 1.807) is 6.26 Å². The number of likely N-dealkylation sites (N-methyl/N-ethyl adjacent to an activating group) is 1. The number of nitrogens with zero attached hydrogens (tertiary/aromatic N) is 4. The number of piperidine rings is 1. The molecule has 4 rings (SSSR count). The monoisotopic (exact) mass is 344 g/mol. The SMILES string of the molecule is CN(Cc1ccco1)[C@@H]1COC2(CCN(Cc3cnn(C)c3)CC2)C1. The van der Waals surface area contributed by atoms with Crippen molar-refractivity contribution in [3.8, 4) is 0 Å². The molecule has 0 N–H and O–H groups in total. The van der Waals surface area contributed by atoms with Crippen LogP contribution in [0, 0.1) is 0 Å². The van der Waals surface area contributed by atoms with Crippen LogP contribution < -0.4 is 0 Å². The quantitative estimate of drug-likeness (QED) is 0.833. The van der Waals surface area contributed by atoms with Crippen LogP contribution in [-0.4, -0.2) is 58.0 Å². The summed E-state index contributed by atoms with van der Waals surface area (Å²) in [5.74, 6) is 1.02. The lowest BCUT2D eigenvalue weighted by Gasteiger charge is -2.38. The molecule has 2 aliphatic heterocycles. The van der Waals surface area contributed by atoms with Crippen molar-refractivity contribution >= 4 is 0 Å². The van der Waals surface area contributed by atoms with Gasteiger partial charge in [0, 0.05) is 44.5 Å². The molecular formula is C19H28N4O2. The third kappa shape index (κ3) is 3.81. The van der Waals surface area contributed by atoms with Crippen LogP contribution in [0.15, 0.2) is 35.2 Å². The van der Waals surface area contributed by atoms with E-state index in [1.807, 2.05) is 30.1 Å². The third-order valence-electron chi connectivity index (χ3n) is 5.73. The first-order chi connectivity index (χ1) is 12.1. The molecule has 1 atom stereocenters. The van der Waals surface area contributed by atoms with E-state index in [4.69, 9.17) is 9.15 Å². The van der Waals surface area contributed by atoms with Gasteiger partial charge in [-0.2, -0.15) is 5.10 Å². The van der Waals surface area contributed by atoms with Crippen LogP contribution in [0.3, 0.4) is 0 Å². The molecule has 0 unspecified atom stereocenters. The lowest BCUT2D eigenvalue weighted by molar-refractivity contribution is -0.0452. The molecule has 2 aromatic rings. The molecule has 136 valence electrons. The first kappa shape index (κ1) is 16.8. The standard InChI is InChI=1S/C19H28N4O2/c1-21(14-18-4-3-9-24-18)17-10-19(25-15-17)5-7-23(8-6-19)13-16-11-20-22(2)12-16/h3-4,9,11-12,17H,5-8,10,13-15H2,1-2H3/t17-/m0/s1. The van der Waals surface area contributed by atoms with E-state index in [9.17, 15) is 0 Å². The third-order valence-corrected chi connectivity index (χ3v) is 5.73. The van der Waals surface area contributed by atoms with Gasteiger partial charge in [-0.05, 0) is 38.4 Å². The molecule has 0 aliphatic carbocycles. The Hall–Kier alpha value is -1.63. The largest absolute Gasteiger partial charge is 0.468 e. The van der Waals surface area contributed by atoms with E-state index in [0.717, 1.165) is 57.8 Å². The Bertz CT molecular complexity index is 673. The lowest BCUT2D eigenvalue weighted by atomic mass is 9.87. The van der Waals surface area contributed by atoms with Crippen LogP contribution >= 0.6 is 0 Å². The zero-order chi connectivity index (χ0) is 17.3. The van der Waals surface area contributed by atoms with Gasteiger partial charge in [0.1, 0.15) is 5.76 Å². The maximum absolute atomic E-state index is 6.32. The molecule has 0 bridgehead atoms. The van der Waals surface area contributed by atoms with Gasteiger partial charge in [-0.25, -0.2) is 0 Å². The van der Waals surface area contributed by atoms with Crippen molar-refractivity contribution in [3.05, 3.63) is 42.1 Å². The molecule has 6 nitrogen and oxygen atoms in total. The van der Waals surface area contributed by atoms with Crippen LogP contribution in [0.5, 0.6) is 0 Å². The maximum Gasteiger partial charge on any atom is 0.117 e. The summed E-state index contributed by atoms with van der Waals surface area (Å²) in [5.41, 5.74) is 1.37. The Kier molecular flexibility index (Phi) is 4.67. The zero-order valence-corrected chi connectivity index (χ0v) is 15.2. The summed E-state index contributed by atoms with van der Waals surface area (Å²) in [7, 11) is 4.15. The summed E-state index contributed by atoms with van der Waals surface area (Å²) in [4.78, 5) is 4.89. The highest BCUT2D eigenvalue weighted by molar-refractivity contribution is 5.05. The molecule has 2 saturated heterocycles. The van der Waals surface area contributed by atoms with Crippen molar-refractivity contribution < 1.29 is 9.15 Å². The topological polar surface area (TPSA) is 46.7 Å². The van der Waals surface area contributed by atoms with Gasteiger partial charge in [-0.3, -0.25) is 14.5 Å². The second kappa shape index (κ2) is 6.94. The average Bonchev–Trinajstić information content (AvgIpc) is 3.33. The first-order valence-corrected chi connectivity index (χ1v) is 9.18. The van der Waals surface area contributed by atoms with Gasteiger partial charge in [0.25, 0.3) is 0 Å². The fourth-order valence-corrected chi connectivity index (χ4v) is 4.16. The minimum Gasteiger partial charge on any atom is -0.468 e. The molecule has 2 aliphatic rings. The first-order valence-electron chi connectivity index (χ1n) is 9.18. The van der Waals surface area contributed by atoms with Crippen LogP contribution in [0.4, 0.5) is 0 Å². The lowest BCUT2D eigenvalue weighted by Crippen LogP contribution is -2.44. The summed E-state index contributed by atoms with van der Waals surface area (Å²) >= 11 is 0. The summed E-state index contributed by atoms with van der Waals surface area (Å²) in [6.45, 7) is 4.88. The Morgan fingerprint density at radius 3 is 2.88 bits per heavy atom. The molecule has 6 heteroatoms. The molecule has 1 spiro atoms. The van der Waals surface area contributed by atoms with Gasteiger partial charge in [0.05, 0.1) is 31.2 Å². The summed E-state index contributed by atoms with van der Waals surface area (Å²) in [6, 6.07) is 4.47. The van der Waals surface area contributed by atoms with Crippen molar-refractivity contribution in [3.63, 3.8) is 0 Å². The number of hydrogen-bond acceptors (Lipinski definition) is 5. The Balaban J connectivity index is 1.28. The van der Waals surface area contributed by atoms with E-state index >= 15 is 0 Å². The fraction of sp³-hybridized carbons (Fsp3) is 0.632. The Morgan fingerprint density at radius 2 is 2.20 bits per heavy atom. The average molecular weight is 344 g/mol. The number of aromatic nitrogens is 2. The normalized spacial score (nSPS) is 23.7. The van der Waals surface area contributed by atoms with E-state index in [1.165, 1.54) is 5.56 Å². The zero-order valence-electron chi connectivity index (χ0n) is 15.2. The minimum atomic E-state index is 0.0769. The van der Waals surface area contributed by atoms with Crippen LogP contribution in [0.1, 0.15) is 30.6 Å². The van der Waals surface area contributed by atoms with Gasteiger partial charge in [-0.15, -0.1) is 0 Å². The number of ether oxygens (including phenoxy) is 1. The van der Waals surface area contributed by atoms with Crippen molar-refractivity contribution in [2.75, 3.05) is 26.7 Å². The number of aryl methyl sites for hydroxylation is 1. The number of furan rings is 1. The van der Waals surface area contributed by atoms with Crippen molar-refractivity contribution in [1.29, 1.82) is 0 Å². The van der Waals surface area contributed by atoms with Gasteiger partial charge in [0.2, 0.25) is 0 Å². The predicted octanol–water partition coefficient (Wildman–Crippen LogP) is 2.27. The molecule has 0 radical (unpaired) electrons.